The Morgan fingerprint density at radius 3 is 3.10 bits per heavy atom. The number of aryl methyl sites for hydroxylation is 1. The van der Waals surface area contributed by atoms with Gasteiger partial charge in [0.25, 0.3) is 5.78 Å². The molecule has 0 saturated carbocycles. The third kappa shape index (κ3) is 4.37. The summed E-state index contributed by atoms with van der Waals surface area (Å²) in [5.74, 6) is 0.477. The largest absolute Gasteiger partial charge is 0.466 e. The van der Waals surface area contributed by atoms with Crippen molar-refractivity contribution in [1.29, 1.82) is 0 Å². The molecule has 2 aromatic rings. The van der Waals surface area contributed by atoms with Crippen molar-refractivity contribution in [2.75, 3.05) is 13.7 Å². The van der Waals surface area contributed by atoms with Gasteiger partial charge in [-0.2, -0.15) is 4.98 Å². The number of nitrogens with zero attached hydrogens (tertiary/aromatic N) is 4. The number of rotatable bonds is 6. The summed E-state index contributed by atoms with van der Waals surface area (Å²) in [6.45, 7) is 0.272. The molecule has 0 aliphatic rings. The van der Waals surface area contributed by atoms with E-state index in [-0.39, 0.29) is 18.9 Å². The van der Waals surface area contributed by atoms with E-state index in [1.165, 1.54) is 19.3 Å². The summed E-state index contributed by atoms with van der Waals surface area (Å²) in [6.07, 6.45) is 6.86. The van der Waals surface area contributed by atoms with E-state index in [1.807, 2.05) is 0 Å². The molecule has 21 heavy (non-hydrogen) atoms. The Balaban J connectivity index is 1.76. The Bertz CT molecular complexity index is 632. The van der Waals surface area contributed by atoms with E-state index >= 15 is 0 Å². The van der Waals surface area contributed by atoms with Crippen LogP contribution in [0.1, 0.15) is 12.2 Å². The van der Waals surface area contributed by atoms with Crippen LogP contribution < -0.4 is 5.32 Å². The summed E-state index contributed by atoms with van der Waals surface area (Å²) in [4.78, 5) is 30.7. The Hall–Kier alpha value is -2.77. The zero-order valence-electron chi connectivity index (χ0n) is 11.5. The first-order valence-electron chi connectivity index (χ1n) is 6.36. The lowest BCUT2D eigenvalue weighted by atomic mass is 10.3. The average molecular weight is 289 g/mol. The van der Waals surface area contributed by atoms with Gasteiger partial charge >= 0.3 is 5.97 Å². The molecule has 0 atom stereocenters. The van der Waals surface area contributed by atoms with E-state index in [4.69, 9.17) is 0 Å². The lowest BCUT2D eigenvalue weighted by Crippen LogP contribution is -2.23. The Morgan fingerprint density at radius 2 is 2.33 bits per heavy atom. The number of aromatic nitrogens is 4. The maximum Gasteiger partial charge on any atom is 0.330 e. The van der Waals surface area contributed by atoms with Crippen molar-refractivity contribution in [3.63, 3.8) is 0 Å². The predicted octanol–water partition coefficient (Wildman–Crippen LogP) is -0.0977. The Labute approximate surface area is 120 Å². The molecular formula is C13H15N5O3. The van der Waals surface area contributed by atoms with Gasteiger partial charge in [0.1, 0.15) is 0 Å². The molecule has 0 bridgehead atoms. The SMILES string of the molecule is COC(=O)/C=C/CNC(=O)CCc1nc2ncccn2n1. The fourth-order valence-electron chi connectivity index (χ4n) is 1.59. The maximum absolute atomic E-state index is 11.6. The molecule has 1 amide bonds. The van der Waals surface area contributed by atoms with Crippen LogP contribution in [0.5, 0.6) is 0 Å². The first kappa shape index (κ1) is 14.6. The average Bonchev–Trinajstić information content (AvgIpc) is 2.92. The van der Waals surface area contributed by atoms with Gasteiger partial charge in [0.15, 0.2) is 5.82 Å². The molecule has 0 unspecified atom stereocenters. The molecule has 110 valence electrons. The summed E-state index contributed by atoms with van der Waals surface area (Å²) >= 11 is 0. The predicted molar refractivity (Wildman–Crippen MR) is 73.3 cm³/mol. The van der Waals surface area contributed by atoms with Gasteiger partial charge < -0.3 is 10.1 Å². The van der Waals surface area contributed by atoms with Crippen LogP contribution >= 0.6 is 0 Å². The van der Waals surface area contributed by atoms with Crippen LogP contribution in [-0.4, -0.2) is 45.1 Å². The third-order valence-corrected chi connectivity index (χ3v) is 2.61. The van der Waals surface area contributed by atoms with E-state index in [0.717, 1.165) is 0 Å². The summed E-state index contributed by atoms with van der Waals surface area (Å²) in [7, 11) is 1.29. The highest BCUT2D eigenvalue weighted by Crippen LogP contribution is 2.00. The van der Waals surface area contributed by atoms with Crippen molar-refractivity contribution in [3.8, 4) is 0 Å². The molecule has 0 fully saturated rings. The molecule has 0 aliphatic heterocycles. The molecular weight excluding hydrogens is 274 g/mol. The molecule has 8 nitrogen and oxygen atoms in total. The number of carbonyl (C=O) groups is 2. The van der Waals surface area contributed by atoms with Crippen molar-refractivity contribution in [3.05, 3.63) is 36.4 Å². The molecule has 0 aliphatic carbocycles. The second-order valence-electron chi connectivity index (χ2n) is 4.12. The molecule has 0 aromatic carbocycles. The number of amides is 1. The highest BCUT2D eigenvalue weighted by molar-refractivity contribution is 5.82. The quantitative estimate of drug-likeness (QED) is 0.589. The van der Waals surface area contributed by atoms with Gasteiger partial charge in [-0.15, -0.1) is 5.10 Å². The highest BCUT2D eigenvalue weighted by atomic mass is 16.5. The number of hydrogen-bond acceptors (Lipinski definition) is 6. The summed E-state index contributed by atoms with van der Waals surface area (Å²) < 4.78 is 5.99. The topological polar surface area (TPSA) is 98.5 Å². The minimum atomic E-state index is -0.453. The number of hydrogen-bond donors (Lipinski definition) is 1. The number of fused-ring (bicyclic) bond motifs is 1. The van der Waals surface area contributed by atoms with Crippen LogP contribution in [0.4, 0.5) is 0 Å². The minimum Gasteiger partial charge on any atom is -0.466 e. The molecule has 0 saturated heterocycles. The van der Waals surface area contributed by atoms with E-state index in [9.17, 15) is 9.59 Å². The molecule has 2 rings (SSSR count). The number of esters is 1. The first-order chi connectivity index (χ1) is 10.2. The van der Waals surface area contributed by atoms with E-state index in [0.29, 0.717) is 18.0 Å². The van der Waals surface area contributed by atoms with Gasteiger partial charge in [-0.25, -0.2) is 14.3 Å². The minimum absolute atomic E-state index is 0.142. The van der Waals surface area contributed by atoms with Crippen LogP contribution in [0.15, 0.2) is 30.6 Å². The Kier molecular flexibility index (Phi) is 4.97. The van der Waals surface area contributed by atoms with Crippen molar-refractivity contribution in [1.82, 2.24) is 24.9 Å². The van der Waals surface area contributed by atoms with Crippen LogP contribution in [0.2, 0.25) is 0 Å². The first-order valence-corrected chi connectivity index (χ1v) is 6.36. The standard InChI is InChI=1S/C13H15N5O3/c1-21-12(20)4-2-7-14-11(19)6-5-10-16-13-15-8-3-9-18(13)17-10/h2-4,8-9H,5-7H2,1H3,(H,14,19)/b4-2+. The van der Waals surface area contributed by atoms with Crippen molar-refractivity contribution in [2.45, 2.75) is 12.8 Å². The van der Waals surface area contributed by atoms with E-state index in [1.54, 1.807) is 23.0 Å². The molecule has 0 spiro atoms. The van der Waals surface area contributed by atoms with Gasteiger partial charge in [-0.1, -0.05) is 6.08 Å². The normalized spacial score (nSPS) is 10.9. The van der Waals surface area contributed by atoms with Crippen LogP contribution in [0.25, 0.3) is 5.78 Å². The van der Waals surface area contributed by atoms with Gasteiger partial charge in [-0.3, -0.25) is 4.79 Å². The lowest BCUT2D eigenvalue weighted by Gasteiger charge is -1.99. The lowest BCUT2D eigenvalue weighted by molar-refractivity contribution is -0.134. The zero-order chi connectivity index (χ0) is 15.1. The van der Waals surface area contributed by atoms with Gasteiger partial charge in [0.2, 0.25) is 5.91 Å². The second kappa shape index (κ2) is 7.13. The van der Waals surface area contributed by atoms with Crippen LogP contribution in [0, 0.1) is 0 Å². The maximum atomic E-state index is 11.6. The molecule has 8 heteroatoms. The monoisotopic (exact) mass is 289 g/mol. The van der Waals surface area contributed by atoms with Crippen molar-refractivity contribution >= 4 is 17.7 Å². The number of ether oxygens (including phenoxy) is 1. The second-order valence-corrected chi connectivity index (χ2v) is 4.12. The molecule has 0 radical (unpaired) electrons. The van der Waals surface area contributed by atoms with Gasteiger partial charge in [0.05, 0.1) is 7.11 Å². The van der Waals surface area contributed by atoms with Crippen LogP contribution in [-0.2, 0) is 20.7 Å². The summed E-state index contributed by atoms with van der Waals surface area (Å²) in [5, 5.41) is 6.86. The van der Waals surface area contributed by atoms with Crippen molar-refractivity contribution in [2.24, 2.45) is 0 Å². The molecule has 2 heterocycles. The van der Waals surface area contributed by atoms with Gasteiger partial charge in [-0.05, 0) is 6.07 Å². The number of methoxy groups -OCH3 is 1. The fraction of sp³-hybridized carbons (Fsp3) is 0.308. The Morgan fingerprint density at radius 1 is 1.48 bits per heavy atom. The summed E-state index contributed by atoms with van der Waals surface area (Å²) in [5.41, 5.74) is 0. The van der Waals surface area contributed by atoms with Gasteiger partial charge in [0, 0.05) is 37.9 Å². The smallest absolute Gasteiger partial charge is 0.330 e. The summed E-state index contributed by atoms with van der Waals surface area (Å²) in [6, 6.07) is 1.76. The highest BCUT2D eigenvalue weighted by Gasteiger charge is 2.06. The molecule has 2 aromatic heterocycles. The van der Waals surface area contributed by atoms with E-state index in [2.05, 4.69) is 25.1 Å². The fourth-order valence-corrected chi connectivity index (χ4v) is 1.59. The van der Waals surface area contributed by atoms with Crippen LogP contribution in [0.3, 0.4) is 0 Å². The molecule has 1 N–H and O–H groups in total. The zero-order valence-corrected chi connectivity index (χ0v) is 11.5. The third-order valence-electron chi connectivity index (χ3n) is 2.61. The van der Waals surface area contributed by atoms with E-state index < -0.39 is 5.97 Å². The number of carbonyl (C=O) groups excluding carboxylic acids is 2. The van der Waals surface area contributed by atoms with Crippen molar-refractivity contribution < 1.29 is 14.3 Å². The number of nitrogens with one attached hydrogen (secondary N) is 1.